The Kier molecular flexibility index (Phi) is 2.53. The van der Waals surface area contributed by atoms with Crippen molar-refractivity contribution in [2.45, 2.75) is 0 Å². The zero-order valence-electron chi connectivity index (χ0n) is 9.47. The minimum absolute atomic E-state index is 0.107. The van der Waals surface area contributed by atoms with Crippen LogP contribution in [0.3, 0.4) is 0 Å². The molecule has 0 atom stereocenters. The molecule has 1 aliphatic rings. The summed E-state index contributed by atoms with van der Waals surface area (Å²) in [5.74, 6) is 0.107. The van der Waals surface area contributed by atoms with Crippen LogP contribution in [-0.2, 0) is 0 Å². The Labute approximate surface area is 99.1 Å². The van der Waals surface area contributed by atoms with Crippen LogP contribution in [0.4, 0.5) is 0 Å². The van der Waals surface area contributed by atoms with Gasteiger partial charge in [-0.3, -0.25) is 4.79 Å². The molecule has 2 aromatic heterocycles. The van der Waals surface area contributed by atoms with E-state index in [2.05, 4.69) is 10.3 Å². The summed E-state index contributed by atoms with van der Waals surface area (Å²) in [5.41, 5.74) is 1.69. The second-order valence-electron chi connectivity index (χ2n) is 4.18. The minimum Gasteiger partial charge on any atom is -0.336 e. The molecule has 3 rings (SSSR count). The molecule has 0 aliphatic carbocycles. The largest absolute Gasteiger partial charge is 0.336 e. The number of hydrogen-bond donors (Lipinski definition) is 1. The Bertz CT molecular complexity index is 542. The highest BCUT2D eigenvalue weighted by Gasteiger charge is 2.17. The fraction of sp³-hybridized carbons (Fsp3) is 0.333. The quantitative estimate of drug-likeness (QED) is 0.770. The first-order valence-electron chi connectivity index (χ1n) is 5.76. The number of amides is 1. The molecule has 0 radical (unpaired) electrons. The van der Waals surface area contributed by atoms with Gasteiger partial charge in [0, 0.05) is 37.9 Å². The lowest BCUT2D eigenvalue weighted by atomic mass is 10.2. The highest BCUT2D eigenvalue weighted by Crippen LogP contribution is 2.10. The molecule has 5 nitrogen and oxygen atoms in total. The number of pyridine rings is 1. The zero-order chi connectivity index (χ0) is 11.7. The summed E-state index contributed by atoms with van der Waals surface area (Å²) in [7, 11) is 0. The van der Waals surface area contributed by atoms with Gasteiger partial charge in [-0.1, -0.05) is 0 Å². The minimum atomic E-state index is 0.107. The van der Waals surface area contributed by atoms with E-state index in [4.69, 9.17) is 0 Å². The number of nitrogens with one attached hydrogen (secondary N) is 1. The smallest absolute Gasteiger partial charge is 0.254 e. The van der Waals surface area contributed by atoms with E-state index in [0.717, 1.165) is 37.3 Å². The van der Waals surface area contributed by atoms with Crippen LogP contribution in [0.2, 0.25) is 0 Å². The molecule has 3 heterocycles. The Morgan fingerprint density at radius 3 is 3.00 bits per heavy atom. The van der Waals surface area contributed by atoms with Crippen molar-refractivity contribution >= 4 is 11.4 Å². The molecule has 0 saturated carbocycles. The van der Waals surface area contributed by atoms with Gasteiger partial charge in [0.25, 0.3) is 5.91 Å². The van der Waals surface area contributed by atoms with E-state index in [9.17, 15) is 4.79 Å². The summed E-state index contributed by atoms with van der Waals surface area (Å²) in [6, 6.07) is 3.73. The fourth-order valence-corrected chi connectivity index (χ4v) is 2.10. The van der Waals surface area contributed by atoms with E-state index >= 15 is 0 Å². The maximum absolute atomic E-state index is 12.2. The molecule has 88 valence electrons. The molecule has 17 heavy (non-hydrogen) atoms. The number of hydrogen-bond acceptors (Lipinski definition) is 3. The van der Waals surface area contributed by atoms with Crippen molar-refractivity contribution in [1.29, 1.82) is 0 Å². The number of piperazine rings is 1. The van der Waals surface area contributed by atoms with Crippen LogP contribution in [0, 0.1) is 0 Å². The van der Waals surface area contributed by atoms with Crippen LogP contribution in [-0.4, -0.2) is 46.4 Å². The lowest BCUT2D eigenvalue weighted by molar-refractivity contribution is 0.0736. The summed E-state index contributed by atoms with van der Waals surface area (Å²) in [5, 5.41) is 3.24. The Balaban J connectivity index is 1.88. The van der Waals surface area contributed by atoms with Gasteiger partial charge in [-0.2, -0.15) is 0 Å². The standard InChI is InChI=1S/C12H14N4O/c17-12(15-5-2-13-3-6-15)10-1-4-16-9-14-8-11(16)7-10/h1,4,7-9,13H,2-3,5-6H2. The number of carbonyl (C=O) groups is 1. The van der Waals surface area contributed by atoms with Crippen LogP contribution in [0.15, 0.2) is 30.9 Å². The van der Waals surface area contributed by atoms with E-state index in [-0.39, 0.29) is 5.91 Å². The number of aromatic nitrogens is 2. The number of imidazole rings is 1. The zero-order valence-corrected chi connectivity index (χ0v) is 9.47. The third-order valence-electron chi connectivity index (χ3n) is 3.07. The molecule has 2 aromatic rings. The summed E-state index contributed by atoms with van der Waals surface area (Å²) < 4.78 is 1.90. The van der Waals surface area contributed by atoms with Crippen molar-refractivity contribution in [3.05, 3.63) is 36.4 Å². The first-order valence-corrected chi connectivity index (χ1v) is 5.76. The summed E-state index contributed by atoms with van der Waals surface area (Å²) in [6.45, 7) is 3.31. The topological polar surface area (TPSA) is 49.6 Å². The van der Waals surface area contributed by atoms with Crippen molar-refractivity contribution in [2.75, 3.05) is 26.2 Å². The molecule has 1 N–H and O–H groups in total. The van der Waals surface area contributed by atoms with E-state index in [1.807, 2.05) is 27.6 Å². The number of rotatable bonds is 1. The summed E-state index contributed by atoms with van der Waals surface area (Å²) in [4.78, 5) is 18.2. The Morgan fingerprint density at radius 1 is 1.35 bits per heavy atom. The van der Waals surface area contributed by atoms with Crippen LogP contribution in [0.25, 0.3) is 5.52 Å². The van der Waals surface area contributed by atoms with Crippen molar-refractivity contribution in [3.63, 3.8) is 0 Å². The first kappa shape index (κ1) is 10.3. The molecule has 1 amide bonds. The number of carbonyl (C=O) groups excluding carboxylic acids is 1. The van der Waals surface area contributed by atoms with Gasteiger partial charge in [0.2, 0.25) is 0 Å². The molecule has 0 bridgehead atoms. The van der Waals surface area contributed by atoms with Crippen molar-refractivity contribution in [3.8, 4) is 0 Å². The summed E-state index contributed by atoms with van der Waals surface area (Å²) in [6.07, 6.45) is 5.36. The molecular formula is C12H14N4O. The Hall–Kier alpha value is -1.88. The number of fused-ring (bicyclic) bond motifs is 1. The second-order valence-corrected chi connectivity index (χ2v) is 4.18. The molecule has 0 aromatic carbocycles. The Morgan fingerprint density at radius 2 is 2.18 bits per heavy atom. The maximum atomic E-state index is 12.2. The molecule has 0 spiro atoms. The second kappa shape index (κ2) is 4.18. The van der Waals surface area contributed by atoms with Gasteiger partial charge >= 0.3 is 0 Å². The normalized spacial score (nSPS) is 16.4. The third kappa shape index (κ3) is 1.89. The van der Waals surface area contributed by atoms with Crippen LogP contribution < -0.4 is 5.32 Å². The van der Waals surface area contributed by atoms with Gasteiger partial charge in [0.05, 0.1) is 18.0 Å². The average Bonchev–Trinajstić information content (AvgIpc) is 2.86. The van der Waals surface area contributed by atoms with E-state index in [0.29, 0.717) is 0 Å². The molecule has 1 fully saturated rings. The molecule has 1 aliphatic heterocycles. The van der Waals surface area contributed by atoms with E-state index in [1.54, 1.807) is 12.5 Å². The monoisotopic (exact) mass is 230 g/mol. The third-order valence-corrected chi connectivity index (χ3v) is 3.07. The van der Waals surface area contributed by atoms with Crippen molar-refractivity contribution < 1.29 is 4.79 Å². The SMILES string of the molecule is O=C(c1ccn2cncc2c1)N1CCNCC1. The van der Waals surface area contributed by atoms with E-state index in [1.165, 1.54) is 0 Å². The van der Waals surface area contributed by atoms with Gasteiger partial charge in [-0.05, 0) is 12.1 Å². The predicted molar refractivity (Wildman–Crippen MR) is 64.0 cm³/mol. The summed E-state index contributed by atoms with van der Waals surface area (Å²) >= 11 is 0. The molecule has 1 saturated heterocycles. The van der Waals surface area contributed by atoms with Gasteiger partial charge in [0.15, 0.2) is 0 Å². The van der Waals surface area contributed by atoms with Gasteiger partial charge in [-0.15, -0.1) is 0 Å². The van der Waals surface area contributed by atoms with Gasteiger partial charge in [0.1, 0.15) is 0 Å². The van der Waals surface area contributed by atoms with Crippen LogP contribution in [0.5, 0.6) is 0 Å². The lowest BCUT2D eigenvalue weighted by Gasteiger charge is -2.27. The van der Waals surface area contributed by atoms with E-state index < -0.39 is 0 Å². The van der Waals surface area contributed by atoms with Gasteiger partial charge < -0.3 is 14.6 Å². The lowest BCUT2D eigenvalue weighted by Crippen LogP contribution is -2.46. The highest BCUT2D eigenvalue weighted by atomic mass is 16.2. The average molecular weight is 230 g/mol. The van der Waals surface area contributed by atoms with Crippen LogP contribution >= 0.6 is 0 Å². The molecular weight excluding hydrogens is 216 g/mol. The van der Waals surface area contributed by atoms with Crippen LogP contribution in [0.1, 0.15) is 10.4 Å². The van der Waals surface area contributed by atoms with Crippen molar-refractivity contribution in [2.24, 2.45) is 0 Å². The molecule has 5 heteroatoms. The molecule has 0 unspecified atom stereocenters. The van der Waals surface area contributed by atoms with Gasteiger partial charge in [-0.25, -0.2) is 4.98 Å². The first-order chi connectivity index (χ1) is 8.34. The fourth-order valence-electron chi connectivity index (χ4n) is 2.10. The number of nitrogens with zero attached hydrogens (tertiary/aromatic N) is 3. The predicted octanol–water partition coefficient (Wildman–Crippen LogP) is 0.380. The van der Waals surface area contributed by atoms with Crippen molar-refractivity contribution in [1.82, 2.24) is 19.6 Å². The highest BCUT2D eigenvalue weighted by molar-refractivity contribution is 5.95. The maximum Gasteiger partial charge on any atom is 0.254 e.